The van der Waals surface area contributed by atoms with Crippen LogP contribution in [0.5, 0.6) is 0 Å². The Kier molecular flexibility index (Phi) is 9.70. The van der Waals surface area contributed by atoms with Crippen LogP contribution in [0.15, 0.2) is 11.1 Å². The Morgan fingerprint density at radius 1 is 1.21 bits per heavy atom. The smallest absolute Gasteiger partial charge is 0.305 e. The number of carboxylic acid groups (broad SMARTS) is 1. The Bertz CT molecular complexity index is 1280. The van der Waals surface area contributed by atoms with E-state index >= 15 is 0 Å². The molecular weight excluding hydrogens is 524 g/mol. The highest BCUT2D eigenvalue weighted by Crippen LogP contribution is 2.35. The molecule has 2 aromatic rings. The zero-order valence-electron chi connectivity index (χ0n) is 23.1. The first-order valence-corrected chi connectivity index (χ1v) is 13.8. The van der Waals surface area contributed by atoms with Crippen LogP contribution >= 0.6 is 11.8 Å². The lowest BCUT2D eigenvalue weighted by molar-refractivity contribution is -0.142. The minimum absolute atomic E-state index is 0.171. The van der Waals surface area contributed by atoms with Crippen molar-refractivity contribution in [3.05, 3.63) is 17.5 Å². The maximum Gasteiger partial charge on any atom is 0.305 e. The van der Waals surface area contributed by atoms with Crippen molar-refractivity contribution in [2.75, 3.05) is 6.54 Å². The van der Waals surface area contributed by atoms with Crippen molar-refractivity contribution >= 4 is 52.8 Å². The Hall–Kier alpha value is -3.48. The van der Waals surface area contributed by atoms with Crippen molar-refractivity contribution in [1.82, 2.24) is 30.3 Å². The number of thioether (sulfide) groups is 1. The molecule has 3 heterocycles. The topological polar surface area (TPSA) is 164 Å². The molecule has 0 aliphatic carbocycles. The van der Waals surface area contributed by atoms with Crippen LogP contribution in [0, 0.1) is 12.8 Å². The number of nitrogens with one attached hydrogen (secondary N) is 2. The molecule has 3 amide bonds. The number of nitrogens with zero attached hydrogens (tertiary/aromatic N) is 4. The van der Waals surface area contributed by atoms with E-state index in [1.54, 1.807) is 25.6 Å². The number of hydrogen-bond donors (Lipinski definition) is 3. The van der Waals surface area contributed by atoms with Crippen molar-refractivity contribution in [3.8, 4) is 0 Å². The Morgan fingerprint density at radius 2 is 1.90 bits per heavy atom. The number of fused-ring (bicyclic) bond motifs is 1. The number of aromatic nitrogens is 3. The van der Waals surface area contributed by atoms with Gasteiger partial charge < -0.3 is 25.4 Å². The molecule has 2 aromatic heterocycles. The summed E-state index contributed by atoms with van der Waals surface area (Å²) in [5.41, 5.74) is 1.75. The van der Waals surface area contributed by atoms with Gasteiger partial charge in [-0.25, -0.2) is 4.98 Å². The molecule has 12 nitrogen and oxygen atoms in total. The van der Waals surface area contributed by atoms with Crippen LogP contribution in [0.4, 0.5) is 0 Å². The Balaban J connectivity index is 1.86. The summed E-state index contributed by atoms with van der Waals surface area (Å²) in [7, 11) is 1.79. The van der Waals surface area contributed by atoms with Gasteiger partial charge in [0.2, 0.25) is 11.8 Å². The van der Waals surface area contributed by atoms with Gasteiger partial charge in [-0.3, -0.25) is 23.9 Å². The number of carbonyl (C=O) groups excluding carboxylic acids is 4. The summed E-state index contributed by atoms with van der Waals surface area (Å²) >= 11 is 1.52. The summed E-state index contributed by atoms with van der Waals surface area (Å²) < 4.78 is 1.67. The second-order valence-corrected chi connectivity index (χ2v) is 11.9. The molecule has 0 spiro atoms. The maximum atomic E-state index is 13.7. The van der Waals surface area contributed by atoms with Gasteiger partial charge in [-0.2, -0.15) is 5.10 Å². The molecule has 212 valence electrons. The van der Waals surface area contributed by atoms with Crippen molar-refractivity contribution in [1.29, 1.82) is 0 Å². The predicted octanol–water partition coefficient (Wildman–Crippen LogP) is 1.68. The predicted molar refractivity (Wildman–Crippen MR) is 145 cm³/mol. The molecule has 1 saturated heterocycles. The summed E-state index contributed by atoms with van der Waals surface area (Å²) in [6.45, 7) is 9.82. The third-order valence-corrected chi connectivity index (χ3v) is 7.65. The monoisotopic (exact) mass is 560 g/mol. The first-order valence-electron chi connectivity index (χ1n) is 12.9. The lowest BCUT2D eigenvalue weighted by Gasteiger charge is -2.31. The SMILES string of the molecule is Cc1nn(C)c2ncc(C(=O)N[C@H](C(=O)N3CCC[C@H]3C(=O)N[C@H](C=O)CC(=O)O)C(C)C)c(SC(C)C)c12. The molecule has 0 saturated carbocycles. The summed E-state index contributed by atoms with van der Waals surface area (Å²) in [6, 6.07) is -2.98. The molecule has 3 rings (SSSR count). The molecular formula is C26H36N6O6S. The van der Waals surface area contributed by atoms with Crippen molar-refractivity contribution in [2.24, 2.45) is 13.0 Å². The van der Waals surface area contributed by atoms with Gasteiger partial charge in [-0.05, 0) is 25.7 Å². The first-order chi connectivity index (χ1) is 18.3. The number of rotatable bonds is 11. The molecule has 1 aliphatic rings. The lowest BCUT2D eigenvalue weighted by Crippen LogP contribution is -2.56. The van der Waals surface area contributed by atoms with Gasteiger partial charge in [0.25, 0.3) is 5.91 Å². The number of aliphatic carboxylic acids is 1. The Morgan fingerprint density at radius 3 is 2.49 bits per heavy atom. The fourth-order valence-corrected chi connectivity index (χ4v) is 5.81. The molecule has 39 heavy (non-hydrogen) atoms. The van der Waals surface area contributed by atoms with E-state index in [0.29, 0.717) is 36.9 Å². The molecule has 3 atom stereocenters. The highest BCUT2D eigenvalue weighted by atomic mass is 32.2. The van der Waals surface area contributed by atoms with Crippen LogP contribution in [0.25, 0.3) is 11.0 Å². The molecule has 1 fully saturated rings. The van der Waals surface area contributed by atoms with Gasteiger partial charge in [-0.1, -0.05) is 27.7 Å². The van der Waals surface area contributed by atoms with Crippen LogP contribution in [-0.4, -0.2) is 84.7 Å². The van der Waals surface area contributed by atoms with Crippen molar-refractivity contribution in [3.63, 3.8) is 0 Å². The summed E-state index contributed by atoms with van der Waals surface area (Å²) in [4.78, 5) is 69.0. The van der Waals surface area contributed by atoms with Gasteiger partial charge in [-0.15, -0.1) is 11.8 Å². The normalized spacial score (nSPS) is 16.9. The largest absolute Gasteiger partial charge is 0.481 e. The summed E-state index contributed by atoms with van der Waals surface area (Å²) in [5.74, 6) is -2.98. The second-order valence-electron chi connectivity index (χ2n) is 10.3. The highest BCUT2D eigenvalue weighted by Gasteiger charge is 2.39. The average molecular weight is 561 g/mol. The van der Waals surface area contributed by atoms with Crippen LogP contribution < -0.4 is 10.6 Å². The molecule has 1 aliphatic heterocycles. The minimum atomic E-state index is -1.22. The van der Waals surface area contributed by atoms with E-state index in [2.05, 4.69) is 20.7 Å². The third-order valence-electron chi connectivity index (χ3n) is 6.52. The summed E-state index contributed by atoms with van der Waals surface area (Å²) in [6.07, 6.45) is 2.24. The van der Waals surface area contributed by atoms with Gasteiger partial charge in [0.1, 0.15) is 18.4 Å². The molecule has 0 bridgehead atoms. The highest BCUT2D eigenvalue weighted by molar-refractivity contribution is 8.00. The van der Waals surface area contributed by atoms with E-state index < -0.39 is 48.2 Å². The standard InChI is InChI=1S/C26H36N6O6S/c1-13(2)21(26(38)32-9-7-8-18(32)25(37)28-16(12-33)10-19(34)35)29-24(36)17-11-27-23-20(15(5)30-31(23)6)22(17)39-14(3)4/h11-14,16,18,21H,7-10H2,1-6H3,(H,28,37)(H,29,36)(H,34,35)/t16-,18-,21-/m0/s1. The van der Waals surface area contributed by atoms with Gasteiger partial charge >= 0.3 is 5.97 Å². The van der Waals surface area contributed by atoms with Gasteiger partial charge in [0, 0.05) is 29.9 Å². The lowest BCUT2D eigenvalue weighted by atomic mass is 10.0. The molecule has 0 unspecified atom stereocenters. The van der Waals surface area contributed by atoms with Crippen LogP contribution in [0.2, 0.25) is 0 Å². The fourth-order valence-electron chi connectivity index (χ4n) is 4.71. The number of carboxylic acids is 1. The fraction of sp³-hybridized carbons (Fsp3) is 0.577. The third kappa shape index (κ3) is 6.75. The van der Waals surface area contributed by atoms with Crippen LogP contribution in [0.1, 0.15) is 63.0 Å². The Labute approximate surface area is 231 Å². The van der Waals surface area contributed by atoms with Crippen molar-refractivity contribution < 1.29 is 29.1 Å². The average Bonchev–Trinajstić information content (AvgIpc) is 3.45. The number of hydrogen-bond acceptors (Lipinski definition) is 8. The van der Waals surface area contributed by atoms with E-state index in [0.717, 1.165) is 16.0 Å². The zero-order valence-corrected chi connectivity index (χ0v) is 23.9. The number of likely N-dealkylation sites (tertiary alicyclic amines) is 1. The number of carbonyl (C=O) groups is 5. The number of aryl methyl sites for hydroxylation is 2. The molecule has 13 heteroatoms. The molecule has 0 radical (unpaired) electrons. The molecule has 3 N–H and O–H groups in total. The molecule has 0 aromatic carbocycles. The van der Waals surface area contributed by atoms with Crippen LogP contribution in [0.3, 0.4) is 0 Å². The van der Waals surface area contributed by atoms with Crippen molar-refractivity contribution in [2.45, 2.75) is 82.2 Å². The summed E-state index contributed by atoms with van der Waals surface area (Å²) in [5, 5.41) is 19.7. The number of amides is 3. The van der Waals surface area contributed by atoms with Gasteiger partial charge in [0.05, 0.1) is 29.1 Å². The second kappa shape index (κ2) is 12.6. The van der Waals surface area contributed by atoms with E-state index in [9.17, 15) is 24.0 Å². The van der Waals surface area contributed by atoms with Crippen LogP contribution in [-0.2, 0) is 26.2 Å². The first kappa shape index (κ1) is 30.1. The van der Waals surface area contributed by atoms with E-state index in [1.807, 2.05) is 20.8 Å². The van der Waals surface area contributed by atoms with E-state index in [1.165, 1.54) is 22.9 Å². The zero-order chi connectivity index (χ0) is 29.0. The minimum Gasteiger partial charge on any atom is -0.481 e. The maximum absolute atomic E-state index is 13.7. The quantitative estimate of drug-likeness (QED) is 0.274. The van der Waals surface area contributed by atoms with E-state index in [-0.39, 0.29) is 11.2 Å². The number of aldehydes is 1. The van der Waals surface area contributed by atoms with Gasteiger partial charge in [0.15, 0.2) is 5.65 Å². The number of pyridine rings is 1. The van der Waals surface area contributed by atoms with E-state index in [4.69, 9.17) is 5.11 Å².